The lowest BCUT2D eigenvalue weighted by Crippen LogP contribution is -2.44. The Labute approximate surface area is 147 Å². The molecule has 0 bridgehead atoms. The minimum atomic E-state index is 0. The Balaban J connectivity index is 0.00000121. The van der Waals surface area contributed by atoms with E-state index in [9.17, 15) is 4.79 Å². The molecule has 0 aromatic carbocycles. The summed E-state index contributed by atoms with van der Waals surface area (Å²) in [7, 11) is 0. The molecule has 130 valence electrons. The van der Waals surface area contributed by atoms with Gasteiger partial charge in [-0.1, -0.05) is 12.8 Å². The SMILES string of the molecule is Cl.Cl.O=C(C1CCCNC1)N1CCCN(C2CCCC2)CC1. The van der Waals surface area contributed by atoms with Gasteiger partial charge >= 0.3 is 0 Å². The average molecular weight is 352 g/mol. The van der Waals surface area contributed by atoms with Gasteiger partial charge in [-0.25, -0.2) is 0 Å². The van der Waals surface area contributed by atoms with Gasteiger partial charge in [0.2, 0.25) is 5.91 Å². The van der Waals surface area contributed by atoms with E-state index in [0.717, 1.165) is 58.0 Å². The minimum Gasteiger partial charge on any atom is -0.341 e. The summed E-state index contributed by atoms with van der Waals surface area (Å²) in [5.41, 5.74) is 0. The fourth-order valence-electron chi connectivity index (χ4n) is 4.11. The first kappa shape index (κ1) is 20.0. The van der Waals surface area contributed by atoms with Crippen LogP contribution in [0, 0.1) is 5.92 Å². The average Bonchev–Trinajstić information content (AvgIpc) is 2.92. The predicted molar refractivity (Wildman–Crippen MR) is 95.1 cm³/mol. The maximum Gasteiger partial charge on any atom is 0.227 e. The second-order valence-electron chi connectivity index (χ2n) is 6.70. The van der Waals surface area contributed by atoms with E-state index in [2.05, 4.69) is 15.1 Å². The fraction of sp³-hybridized carbons (Fsp3) is 0.938. The number of hydrogen-bond acceptors (Lipinski definition) is 3. The molecule has 4 nitrogen and oxygen atoms in total. The summed E-state index contributed by atoms with van der Waals surface area (Å²) >= 11 is 0. The van der Waals surface area contributed by atoms with Gasteiger partial charge in [0, 0.05) is 38.8 Å². The molecular weight excluding hydrogens is 321 g/mol. The Morgan fingerprint density at radius 3 is 2.32 bits per heavy atom. The lowest BCUT2D eigenvalue weighted by molar-refractivity contribution is -0.135. The Morgan fingerprint density at radius 1 is 0.864 bits per heavy atom. The second-order valence-corrected chi connectivity index (χ2v) is 6.70. The molecule has 1 unspecified atom stereocenters. The molecule has 3 rings (SSSR count). The van der Waals surface area contributed by atoms with Crippen LogP contribution in [0.3, 0.4) is 0 Å². The molecule has 1 N–H and O–H groups in total. The third kappa shape index (κ3) is 4.98. The number of carbonyl (C=O) groups excluding carboxylic acids is 1. The van der Waals surface area contributed by atoms with Gasteiger partial charge < -0.3 is 10.2 Å². The third-order valence-corrected chi connectivity index (χ3v) is 5.33. The van der Waals surface area contributed by atoms with Crippen LogP contribution in [0.15, 0.2) is 0 Å². The largest absolute Gasteiger partial charge is 0.341 e. The van der Waals surface area contributed by atoms with E-state index in [4.69, 9.17) is 0 Å². The van der Waals surface area contributed by atoms with Crippen molar-refractivity contribution < 1.29 is 4.79 Å². The molecule has 3 fully saturated rings. The quantitative estimate of drug-likeness (QED) is 0.828. The molecule has 6 heteroatoms. The van der Waals surface area contributed by atoms with Gasteiger partial charge in [-0.05, 0) is 38.6 Å². The highest BCUT2D eigenvalue weighted by Crippen LogP contribution is 2.24. The second kappa shape index (κ2) is 9.96. The highest BCUT2D eigenvalue weighted by molar-refractivity contribution is 5.85. The van der Waals surface area contributed by atoms with Crippen molar-refractivity contribution in [3.63, 3.8) is 0 Å². The maximum absolute atomic E-state index is 12.6. The molecular formula is C16H31Cl2N3O. The normalized spacial score (nSPS) is 27.6. The van der Waals surface area contributed by atoms with Crippen LogP contribution in [0.2, 0.25) is 0 Å². The number of nitrogens with zero attached hydrogens (tertiary/aromatic N) is 2. The molecule has 1 atom stereocenters. The van der Waals surface area contributed by atoms with E-state index >= 15 is 0 Å². The Morgan fingerprint density at radius 2 is 1.64 bits per heavy atom. The topological polar surface area (TPSA) is 35.6 Å². The number of carbonyl (C=O) groups is 1. The number of amides is 1. The van der Waals surface area contributed by atoms with Gasteiger partial charge in [0.25, 0.3) is 0 Å². The van der Waals surface area contributed by atoms with Crippen LogP contribution in [0.4, 0.5) is 0 Å². The van der Waals surface area contributed by atoms with Crippen molar-refractivity contribution in [1.82, 2.24) is 15.1 Å². The van der Waals surface area contributed by atoms with Gasteiger partial charge in [0.15, 0.2) is 0 Å². The van der Waals surface area contributed by atoms with E-state index in [0.29, 0.717) is 5.91 Å². The number of hydrogen-bond donors (Lipinski definition) is 1. The molecule has 2 heterocycles. The third-order valence-electron chi connectivity index (χ3n) is 5.33. The maximum atomic E-state index is 12.6. The first-order valence-corrected chi connectivity index (χ1v) is 8.58. The smallest absolute Gasteiger partial charge is 0.227 e. The van der Waals surface area contributed by atoms with Gasteiger partial charge in [-0.2, -0.15) is 0 Å². The monoisotopic (exact) mass is 351 g/mol. The predicted octanol–water partition coefficient (Wildman–Crippen LogP) is 2.31. The van der Waals surface area contributed by atoms with Gasteiger partial charge in [0.1, 0.15) is 0 Å². The highest BCUT2D eigenvalue weighted by atomic mass is 35.5. The zero-order chi connectivity index (χ0) is 13.8. The van der Waals surface area contributed by atoms with E-state index in [1.54, 1.807) is 0 Å². The van der Waals surface area contributed by atoms with Crippen molar-refractivity contribution in [3.05, 3.63) is 0 Å². The first-order valence-electron chi connectivity index (χ1n) is 8.58. The van der Waals surface area contributed by atoms with Crippen molar-refractivity contribution in [1.29, 1.82) is 0 Å². The highest BCUT2D eigenvalue weighted by Gasteiger charge is 2.29. The summed E-state index contributed by atoms with van der Waals surface area (Å²) in [5, 5.41) is 3.37. The van der Waals surface area contributed by atoms with Crippen LogP contribution in [0.5, 0.6) is 0 Å². The van der Waals surface area contributed by atoms with E-state index in [1.165, 1.54) is 32.2 Å². The van der Waals surface area contributed by atoms with Crippen LogP contribution in [0.1, 0.15) is 44.9 Å². The van der Waals surface area contributed by atoms with E-state index < -0.39 is 0 Å². The summed E-state index contributed by atoms with van der Waals surface area (Å²) in [4.78, 5) is 17.4. The molecule has 1 aliphatic carbocycles. The molecule has 1 saturated carbocycles. The van der Waals surface area contributed by atoms with Crippen LogP contribution in [0.25, 0.3) is 0 Å². The summed E-state index contributed by atoms with van der Waals surface area (Å²) in [6.45, 7) is 6.18. The fourth-order valence-corrected chi connectivity index (χ4v) is 4.11. The van der Waals surface area contributed by atoms with Crippen molar-refractivity contribution in [3.8, 4) is 0 Å². The van der Waals surface area contributed by atoms with E-state index in [1.807, 2.05) is 0 Å². The standard InChI is InChI=1S/C16H29N3O.2ClH/c20-16(14-5-3-8-17-13-14)19-10-4-9-18(11-12-19)15-6-1-2-7-15;;/h14-15,17H,1-13H2;2*1H. The van der Waals surface area contributed by atoms with Crippen molar-refractivity contribution >= 4 is 30.7 Å². The van der Waals surface area contributed by atoms with Crippen LogP contribution < -0.4 is 5.32 Å². The molecule has 1 amide bonds. The molecule has 22 heavy (non-hydrogen) atoms. The molecule has 0 aromatic rings. The summed E-state index contributed by atoms with van der Waals surface area (Å²) < 4.78 is 0. The number of rotatable bonds is 2. The van der Waals surface area contributed by atoms with Gasteiger partial charge in [-0.15, -0.1) is 24.8 Å². The zero-order valence-electron chi connectivity index (χ0n) is 13.5. The van der Waals surface area contributed by atoms with Crippen LogP contribution >= 0.6 is 24.8 Å². The number of piperidine rings is 1. The number of halogens is 2. The molecule has 0 radical (unpaired) electrons. The van der Waals surface area contributed by atoms with Gasteiger partial charge in [-0.3, -0.25) is 9.69 Å². The zero-order valence-corrected chi connectivity index (χ0v) is 15.1. The Hall–Kier alpha value is -0.0300. The summed E-state index contributed by atoms with van der Waals surface area (Å²) in [6.07, 6.45) is 8.94. The van der Waals surface area contributed by atoms with Crippen LogP contribution in [-0.2, 0) is 4.79 Å². The van der Waals surface area contributed by atoms with E-state index in [-0.39, 0.29) is 30.7 Å². The van der Waals surface area contributed by atoms with Crippen molar-refractivity contribution in [2.45, 2.75) is 51.0 Å². The summed E-state index contributed by atoms with van der Waals surface area (Å²) in [5.74, 6) is 0.646. The Bertz CT molecular complexity index is 331. The minimum absolute atomic E-state index is 0. The lowest BCUT2D eigenvalue weighted by Gasteiger charge is -2.30. The first-order chi connectivity index (χ1) is 9.84. The van der Waals surface area contributed by atoms with Crippen molar-refractivity contribution in [2.24, 2.45) is 5.92 Å². The molecule has 2 aliphatic heterocycles. The summed E-state index contributed by atoms with van der Waals surface area (Å²) in [6, 6.07) is 0.807. The number of nitrogens with one attached hydrogen (secondary N) is 1. The molecule has 0 spiro atoms. The molecule has 0 aromatic heterocycles. The Kier molecular flexibility index (Phi) is 9.07. The molecule has 3 aliphatic rings. The van der Waals surface area contributed by atoms with Gasteiger partial charge in [0.05, 0.1) is 5.92 Å². The molecule has 2 saturated heterocycles. The lowest BCUT2D eigenvalue weighted by atomic mass is 9.98. The van der Waals surface area contributed by atoms with Crippen molar-refractivity contribution in [2.75, 3.05) is 39.3 Å². The van der Waals surface area contributed by atoms with Crippen LogP contribution in [-0.4, -0.2) is 61.0 Å².